The lowest BCUT2D eigenvalue weighted by Gasteiger charge is -2.10. The maximum Gasteiger partial charge on any atom is 0.254 e. The Morgan fingerprint density at radius 1 is 1.22 bits per heavy atom. The topological polar surface area (TPSA) is 99.9 Å². The van der Waals surface area contributed by atoms with Gasteiger partial charge in [-0.15, -0.1) is 10.2 Å². The summed E-state index contributed by atoms with van der Waals surface area (Å²) in [5.74, 6) is 0.653. The van der Waals surface area contributed by atoms with Gasteiger partial charge in [0.25, 0.3) is 5.91 Å². The third kappa shape index (κ3) is 3.62. The molecule has 2 heterocycles. The summed E-state index contributed by atoms with van der Waals surface area (Å²) in [4.78, 5) is 11.9. The van der Waals surface area contributed by atoms with Crippen LogP contribution in [0.1, 0.15) is 18.4 Å². The van der Waals surface area contributed by atoms with Gasteiger partial charge < -0.3 is 15.4 Å². The molecule has 2 aromatic rings. The molecule has 1 aliphatic rings. The van der Waals surface area contributed by atoms with E-state index in [0.29, 0.717) is 29.5 Å². The number of aromatic nitrogens is 2. The summed E-state index contributed by atoms with van der Waals surface area (Å²) in [6.45, 7) is 0.616. The standard InChI is InChI=1S/C16H15N5O2/c17-10-11-4-1-2-5-12(11)18-14-7-8-15(21-20-14)19-16(22)13-6-3-9-23-13/h1-2,4-5,7-8,13H,3,6,9H2,(H,18,20)(H,19,21,22). The first kappa shape index (κ1) is 14.9. The second-order valence-corrected chi connectivity index (χ2v) is 5.08. The Balaban J connectivity index is 1.65. The van der Waals surface area contributed by atoms with Crippen LogP contribution in [0.25, 0.3) is 0 Å². The van der Waals surface area contributed by atoms with Crippen molar-refractivity contribution in [2.45, 2.75) is 18.9 Å². The molecule has 23 heavy (non-hydrogen) atoms. The molecule has 1 aromatic carbocycles. The van der Waals surface area contributed by atoms with Gasteiger partial charge in [0, 0.05) is 6.61 Å². The van der Waals surface area contributed by atoms with Crippen molar-refractivity contribution in [3.05, 3.63) is 42.0 Å². The molecule has 0 radical (unpaired) electrons. The van der Waals surface area contributed by atoms with Crippen LogP contribution in [0.15, 0.2) is 36.4 Å². The zero-order valence-corrected chi connectivity index (χ0v) is 12.3. The van der Waals surface area contributed by atoms with Crippen LogP contribution in [0.2, 0.25) is 0 Å². The minimum absolute atomic E-state index is 0.202. The molecular weight excluding hydrogens is 294 g/mol. The van der Waals surface area contributed by atoms with Gasteiger partial charge in [-0.3, -0.25) is 4.79 Å². The number of nitrogens with zero attached hydrogens (tertiary/aromatic N) is 3. The average Bonchev–Trinajstić information content (AvgIpc) is 3.12. The number of carbonyl (C=O) groups is 1. The molecule has 2 N–H and O–H groups in total. The third-order valence-corrected chi connectivity index (χ3v) is 3.45. The Bertz CT molecular complexity index is 733. The van der Waals surface area contributed by atoms with Gasteiger partial charge >= 0.3 is 0 Å². The summed E-state index contributed by atoms with van der Waals surface area (Å²) in [5.41, 5.74) is 1.17. The summed E-state index contributed by atoms with van der Waals surface area (Å²) in [5, 5.41) is 22.7. The number of ether oxygens (including phenoxy) is 1. The lowest BCUT2D eigenvalue weighted by molar-refractivity contribution is -0.124. The number of nitrogens with one attached hydrogen (secondary N) is 2. The van der Waals surface area contributed by atoms with E-state index in [1.165, 1.54) is 0 Å². The van der Waals surface area contributed by atoms with Crippen molar-refractivity contribution in [1.29, 1.82) is 5.26 Å². The molecular formula is C16H15N5O2. The minimum Gasteiger partial charge on any atom is -0.368 e. The number of benzene rings is 1. The van der Waals surface area contributed by atoms with Crippen molar-refractivity contribution in [3.63, 3.8) is 0 Å². The molecule has 1 unspecified atom stereocenters. The Kier molecular flexibility index (Phi) is 4.45. The van der Waals surface area contributed by atoms with Crippen LogP contribution in [-0.4, -0.2) is 28.8 Å². The molecule has 7 nitrogen and oxygen atoms in total. The van der Waals surface area contributed by atoms with Crippen LogP contribution in [0.4, 0.5) is 17.3 Å². The van der Waals surface area contributed by atoms with Crippen LogP contribution in [-0.2, 0) is 9.53 Å². The highest BCUT2D eigenvalue weighted by Gasteiger charge is 2.23. The van der Waals surface area contributed by atoms with E-state index in [4.69, 9.17) is 10.00 Å². The fourth-order valence-corrected chi connectivity index (χ4v) is 2.28. The maximum absolute atomic E-state index is 11.9. The first-order chi connectivity index (χ1) is 11.3. The van der Waals surface area contributed by atoms with Gasteiger partial charge in [-0.1, -0.05) is 12.1 Å². The molecule has 1 fully saturated rings. The van der Waals surface area contributed by atoms with E-state index in [2.05, 4.69) is 26.9 Å². The van der Waals surface area contributed by atoms with Crippen molar-refractivity contribution < 1.29 is 9.53 Å². The van der Waals surface area contributed by atoms with E-state index >= 15 is 0 Å². The third-order valence-electron chi connectivity index (χ3n) is 3.45. The molecule has 1 aliphatic heterocycles. The molecule has 1 aromatic heterocycles. The summed E-state index contributed by atoms with van der Waals surface area (Å²) >= 11 is 0. The number of amides is 1. The van der Waals surface area contributed by atoms with Gasteiger partial charge in [-0.05, 0) is 37.1 Å². The van der Waals surface area contributed by atoms with E-state index in [-0.39, 0.29) is 5.91 Å². The highest BCUT2D eigenvalue weighted by atomic mass is 16.5. The molecule has 7 heteroatoms. The van der Waals surface area contributed by atoms with Gasteiger partial charge in [0.15, 0.2) is 11.6 Å². The summed E-state index contributed by atoms with van der Waals surface area (Å²) in [7, 11) is 0. The summed E-state index contributed by atoms with van der Waals surface area (Å²) in [6, 6.07) is 12.6. The van der Waals surface area contributed by atoms with E-state index in [1.54, 1.807) is 30.3 Å². The number of hydrogen-bond donors (Lipinski definition) is 2. The molecule has 3 rings (SSSR count). The number of nitriles is 1. The first-order valence-corrected chi connectivity index (χ1v) is 7.28. The molecule has 1 amide bonds. The monoisotopic (exact) mass is 309 g/mol. The maximum atomic E-state index is 11.9. The van der Waals surface area contributed by atoms with Gasteiger partial charge in [0.2, 0.25) is 0 Å². The molecule has 116 valence electrons. The normalized spacial score (nSPS) is 16.6. The lowest BCUT2D eigenvalue weighted by Crippen LogP contribution is -2.27. The molecule has 0 spiro atoms. The predicted molar refractivity (Wildman–Crippen MR) is 84.1 cm³/mol. The predicted octanol–water partition coefficient (Wildman–Crippen LogP) is 2.21. The van der Waals surface area contributed by atoms with Crippen molar-refractivity contribution in [2.75, 3.05) is 17.2 Å². The zero-order chi connectivity index (χ0) is 16.1. The number of anilines is 3. The van der Waals surface area contributed by atoms with E-state index in [0.717, 1.165) is 12.8 Å². The Hall–Kier alpha value is -2.98. The molecule has 0 saturated carbocycles. The van der Waals surface area contributed by atoms with Crippen LogP contribution < -0.4 is 10.6 Å². The van der Waals surface area contributed by atoms with Crippen LogP contribution >= 0.6 is 0 Å². The second kappa shape index (κ2) is 6.85. The van der Waals surface area contributed by atoms with Crippen LogP contribution in [0, 0.1) is 11.3 Å². The first-order valence-electron chi connectivity index (χ1n) is 7.28. The molecule has 0 bridgehead atoms. The Labute approximate surface area is 133 Å². The van der Waals surface area contributed by atoms with Crippen LogP contribution in [0.5, 0.6) is 0 Å². The Morgan fingerprint density at radius 3 is 2.70 bits per heavy atom. The van der Waals surface area contributed by atoms with Gasteiger partial charge in [0.05, 0.1) is 11.3 Å². The lowest BCUT2D eigenvalue weighted by atomic mass is 10.2. The highest BCUT2D eigenvalue weighted by molar-refractivity contribution is 5.93. The number of para-hydroxylation sites is 1. The molecule has 1 saturated heterocycles. The fourth-order valence-electron chi connectivity index (χ4n) is 2.28. The fraction of sp³-hybridized carbons (Fsp3) is 0.250. The smallest absolute Gasteiger partial charge is 0.254 e. The van der Waals surface area contributed by atoms with E-state index in [9.17, 15) is 4.79 Å². The van der Waals surface area contributed by atoms with E-state index < -0.39 is 6.10 Å². The zero-order valence-electron chi connectivity index (χ0n) is 12.3. The van der Waals surface area contributed by atoms with Gasteiger partial charge in [-0.2, -0.15) is 5.26 Å². The molecule has 0 aliphatic carbocycles. The van der Waals surface area contributed by atoms with Crippen LogP contribution in [0.3, 0.4) is 0 Å². The van der Waals surface area contributed by atoms with E-state index in [1.807, 2.05) is 6.07 Å². The van der Waals surface area contributed by atoms with Crippen molar-refractivity contribution in [1.82, 2.24) is 10.2 Å². The Morgan fingerprint density at radius 2 is 2.00 bits per heavy atom. The summed E-state index contributed by atoms with van der Waals surface area (Å²) in [6.07, 6.45) is 1.21. The van der Waals surface area contributed by atoms with Crippen molar-refractivity contribution in [3.8, 4) is 6.07 Å². The van der Waals surface area contributed by atoms with Gasteiger partial charge in [-0.25, -0.2) is 0 Å². The summed E-state index contributed by atoms with van der Waals surface area (Å²) < 4.78 is 5.31. The second-order valence-electron chi connectivity index (χ2n) is 5.08. The number of rotatable bonds is 4. The van der Waals surface area contributed by atoms with Crippen molar-refractivity contribution >= 4 is 23.2 Å². The molecule has 1 atom stereocenters. The largest absolute Gasteiger partial charge is 0.368 e. The SMILES string of the molecule is N#Cc1ccccc1Nc1ccc(NC(=O)C2CCCO2)nn1. The average molecular weight is 309 g/mol. The van der Waals surface area contributed by atoms with Gasteiger partial charge in [0.1, 0.15) is 12.2 Å². The number of hydrogen-bond acceptors (Lipinski definition) is 6. The minimum atomic E-state index is -0.405. The number of carbonyl (C=O) groups excluding carboxylic acids is 1. The van der Waals surface area contributed by atoms with Crippen molar-refractivity contribution in [2.24, 2.45) is 0 Å². The quantitative estimate of drug-likeness (QED) is 0.898. The highest BCUT2D eigenvalue weighted by Crippen LogP contribution is 2.19.